The molecule has 2 aromatic carbocycles. The molecule has 0 aromatic heterocycles. The smallest absolute Gasteiger partial charge is 0.339 e. The van der Waals surface area contributed by atoms with E-state index in [4.69, 9.17) is 18.9 Å². The minimum absolute atomic E-state index is 0.129. The van der Waals surface area contributed by atoms with E-state index in [1.807, 2.05) is 0 Å². The van der Waals surface area contributed by atoms with Gasteiger partial charge in [0.05, 0.1) is 24.3 Å². The van der Waals surface area contributed by atoms with Gasteiger partial charge in [-0.2, -0.15) is 0 Å². The number of carbonyl (C=O) groups excluding carboxylic acids is 2. The van der Waals surface area contributed by atoms with Gasteiger partial charge in [0.15, 0.2) is 11.5 Å². The van der Waals surface area contributed by atoms with Crippen molar-refractivity contribution in [2.75, 3.05) is 20.0 Å². The van der Waals surface area contributed by atoms with Crippen molar-refractivity contribution in [1.29, 1.82) is 0 Å². The Kier molecular flexibility index (Phi) is 4.29. The molecule has 6 heteroatoms. The van der Waals surface area contributed by atoms with Gasteiger partial charge in [-0.3, -0.25) is 0 Å². The number of fused-ring (bicyclic) bond motifs is 2. The Balaban J connectivity index is 2.27. The molecule has 1 heterocycles. The van der Waals surface area contributed by atoms with E-state index >= 15 is 0 Å². The number of esters is 2. The van der Waals surface area contributed by atoms with Crippen LogP contribution in [0.5, 0.6) is 11.5 Å². The highest BCUT2D eigenvalue weighted by molar-refractivity contribution is 6.10. The Bertz CT molecular complexity index is 824. The van der Waals surface area contributed by atoms with E-state index < -0.39 is 11.9 Å². The summed E-state index contributed by atoms with van der Waals surface area (Å²) >= 11 is 0. The lowest BCUT2D eigenvalue weighted by molar-refractivity contribution is 0.0525. The third-order valence-corrected chi connectivity index (χ3v) is 3.87. The summed E-state index contributed by atoms with van der Waals surface area (Å²) < 4.78 is 21.0. The predicted molar refractivity (Wildman–Crippen MR) is 86.7 cm³/mol. The Morgan fingerprint density at radius 1 is 1.00 bits per heavy atom. The van der Waals surface area contributed by atoms with Crippen LogP contribution in [0, 0.1) is 6.92 Å². The standard InChI is InChI=1S/C18H18O6/c1-4-21-17(19)12-6-11-7-14-15(24-9-23-14)8-13(11)16(10(12)3)18(20)22-5-2/h6-8H,4-5,9H2,1-3H3. The van der Waals surface area contributed by atoms with Crippen LogP contribution in [0.25, 0.3) is 10.8 Å². The first kappa shape index (κ1) is 16.1. The van der Waals surface area contributed by atoms with E-state index in [1.165, 1.54) is 0 Å². The lowest BCUT2D eigenvalue weighted by Gasteiger charge is -2.14. The second-order valence-corrected chi connectivity index (χ2v) is 5.29. The average molecular weight is 330 g/mol. The molecule has 2 aromatic rings. The normalized spacial score (nSPS) is 12.3. The van der Waals surface area contributed by atoms with Crippen LogP contribution in [0.3, 0.4) is 0 Å². The van der Waals surface area contributed by atoms with Crippen LogP contribution in [-0.2, 0) is 9.47 Å². The fourth-order valence-corrected chi connectivity index (χ4v) is 2.78. The maximum Gasteiger partial charge on any atom is 0.339 e. The summed E-state index contributed by atoms with van der Waals surface area (Å²) in [5.41, 5.74) is 1.21. The summed E-state index contributed by atoms with van der Waals surface area (Å²) in [7, 11) is 0. The van der Waals surface area contributed by atoms with Crippen molar-refractivity contribution in [3.8, 4) is 11.5 Å². The molecule has 0 aliphatic carbocycles. The van der Waals surface area contributed by atoms with E-state index in [2.05, 4.69) is 0 Å². The third-order valence-electron chi connectivity index (χ3n) is 3.87. The zero-order valence-electron chi connectivity index (χ0n) is 13.8. The van der Waals surface area contributed by atoms with Gasteiger partial charge < -0.3 is 18.9 Å². The van der Waals surface area contributed by atoms with Crippen LogP contribution in [0.15, 0.2) is 18.2 Å². The number of hydrogen-bond donors (Lipinski definition) is 0. The van der Waals surface area contributed by atoms with Crippen molar-refractivity contribution in [2.45, 2.75) is 20.8 Å². The van der Waals surface area contributed by atoms with Gasteiger partial charge in [0.25, 0.3) is 0 Å². The molecule has 0 unspecified atom stereocenters. The molecule has 0 atom stereocenters. The summed E-state index contributed by atoms with van der Waals surface area (Å²) in [6.45, 7) is 5.81. The van der Waals surface area contributed by atoms with Crippen LogP contribution < -0.4 is 9.47 Å². The lowest BCUT2D eigenvalue weighted by atomic mass is 9.94. The zero-order valence-corrected chi connectivity index (χ0v) is 13.8. The summed E-state index contributed by atoms with van der Waals surface area (Å²) in [4.78, 5) is 24.7. The van der Waals surface area contributed by atoms with E-state index in [1.54, 1.807) is 39.0 Å². The molecule has 24 heavy (non-hydrogen) atoms. The van der Waals surface area contributed by atoms with Crippen molar-refractivity contribution in [1.82, 2.24) is 0 Å². The molecule has 0 amide bonds. The SMILES string of the molecule is CCOC(=O)c1cc2cc3c(cc2c(C(=O)OCC)c1C)OCO3. The monoisotopic (exact) mass is 330 g/mol. The second-order valence-electron chi connectivity index (χ2n) is 5.29. The van der Waals surface area contributed by atoms with Crippen molar-refractivity contribution in [3.05, 3.63) is 34.9 Å². The fraction of sp³-hybridized carbons (Fsp3) is 0.333. The minimum Gasteiger partial charge on any atom is -0.462 e. The Labute approximate surface area is 139 Å². The Morgan fingerprint density at radius 3 is 2.29 bits per heavy atom. The molecule has 0 radical (unpaired) electrons. The van der Waals surface area contributed by atoms with Gasteiger partial charge in [0, 0.05) is 5.39 Å². The number of benzene rings is 2. The molecule has 6 nitrogen and oxygen atoms in total. The maximum atomic E-state index is 12.5. The Hall–Kier alpha value is -2.76. The first-order chi connectivity index (χ1) is 11.6. The van der Waals surface area contributed by atoms with Crippen LogP contribution in [-0.4, -0.2) is 31.9 Å². The molecule has 3 rings (SSSR count). The Morgan fingerprint density at radius 2 is 1.62 bits per heavy atom. The zero-order chi connectivity index (χ0) is 17.3. The van der Waals surface area contributed by atoms with Gasteiger partial charge in [-0.1, -0.05) is 0 Å². The van der Waals surface area contributed by atoms with Crippen molar-refractivity contribution >= 4 is 22.7 Å². The summed E-state index contributed by atoms with van der Waals surface area (Å²) in [5.74, 6) is 0.192. The third kappa shape index (κ3) is 2.64. The van der Waals surface area contributed by atoms with Gasteiger partial charge in [-0.05, 0) is 49.9 Å². The highest BCUT2D eigenvalue weighted by Crippen LogP contribution is 2.39. The van der Waals surface area contributed by atoms with Crippen LogP contribution in [0.4, 0.5) is 0 Å². The molecule has 0 N–H and O–H groups in total. The predicted octanol–water partition coefficient (Wildman–Crippen LogP) is 3.23. The van der Waals surface area contributed by atoms with Gasteiger partial charge in [0.2, 0.25) is 6.79 Å². The first-order valence-electron chi connectivity index (χ1n) is 7.78. The summed E-state index contributed by atoms with van der Waals surface area (Å²) in [5, 5.41) is 1.35. The quantitative estimate of drug-likeness (QED) is 0.802. The van der Waals surface area contributed by atoms with Crippen molar-refractivity contribution in [3.63, 3.8) is 0 Å². The van der Waals surface area contributed by atoms with Crippen molar-refractivity contribution < 1.29 is 28.5 Å². The van der Waals surface area contributed by atoms with Gasteiger partial charge in [0.1, 0.15) is 0 Å². The van der Waals surface area contributed by atoms with Crippen LogP contribution in [0.2, 0.25) is 0 Å². The second kappa shape index (κ2) is 6.39. The van der Waals surface area contributed by atoms with Crippen LogP contribution in [0.1, 0.15) is 40.1 Å². The first-order valence-corrected chi connectivity index (χ1v) is 7.78. The molecule has 126 valence electrons. The molecule has 1 aliphatic rings. The van der Waals surface area contributed by atoms with Crippen molar-refractivity contribution in [2.24, 2.45) is 0 Å². The lowest BCUT2D eigenvalue weighted by Crippen LogP contribution is -2.13. The van der Waals surface area contributed by atoms with E-state index in [0.717, 1.165) is 0 Å². The highest BCUT2D eigenvalue weighted by Gasteiger charge is 2.24. The summed E-state index contributed by atoms with van der Waals surface area (Å²) in [6.07, 6.45) is 0. The highest BCUT2D eigenvalue weighted by atomic mass is 16.7. The molecule has 0 fully saturated rings. The molecule has 0 spiro atoms. The fourth-order valence-electron chi connectivity index (χ4n) is 2.78. The van der Waals surface area contributed by atoms with Gasteiger partial charge in [-0.15, -0.1) is 0 Å². The molecule has 1 aliphatic heterocycles. The largest absolute Gasteiger partial charge is 0.462 e. The molecular formula is C18H18O6. The molecular weight excluding hydrogens is 312 g/mol. The van der Waals surface area contributed by atoms with E-state index in [0.29, 0.717) is 39.0 Å². The number of hydrogen-bond acceptors (Lipinski definition) is 6. The summed E-state index contributed by atoms with van der Waals surface area (Å²) in [6, 6.07) is 5.20. The molecule has 0 bridgehead atoms. The van der Waals surface area contributed by atoms with Gasteiger partial charge >= 0.3 is 11.9 Å². The van der Waals surface area contributed by atoms with E-state index in [-0.39, 0.29) is 20.0 Å². The van der Waals surface area contributed by atoms with Gasteiger partial charge in [-0.25, -0.2) is 9.59 Å². The average Bonchev–Trinajstić information content (AvgIpc) is 3.00. The number of carbonyl (C=O) groups is 2. The molecule has 0 saturated heterocycles. The topological polar surface area (TPSA) is 71.1 Å². The minimum atomic E-state index is -0.481. The van der Waals surface area contributed by atoms with Crippen LogP contribution >= 0.6 is 0 Å². The number of rotatable bonds is 4. The molecule has 0 saturated carbocycles. The van der Waals surface area contributed by atoms with E-state index in [9.17, 15) is 9.59 Å². The maximum absolute atomic E-state index is 12.5. The number of ether oxygens (including phenoxy) is 4.